The van der Waals surface area contributed by atoms with Gasteiger partial charge in [-0.15, -0.1) is 0 Å². The maximum absolute atomic E-state index is 12.5. The first kappa shape index (κ1) is 20.5. The third-order valence-electron chi connectivity index (χ3n) is 5.13. The summed E-state index contributed by atoms with van der Waals surface area (Å²) in [6.45, 7) is 2.61. The van der Waals surface area contributed by atoms with Crippen LogP contribution in [0.4, 0.5) is 10.5 Å². The van der Waals surface area contributed by atoms with Crippen LogP contribution in [0.1, 0.15) is 35.7 Å². The van der Waals surface area contributed by atoms with E-state index in [1.165, 1.54) is 0 Å². The third kappa shape index (κ3) is 5.42. The van der Waals surface area contributed by atoms with Crippen LogP contribution in [0.2, 0.25) is 0 Å². The van der Waals surface area contributed by atoms with Gasteiger partial charge in [-0.05, 0) is 31.5 Å². The fourth-order valence-electron chi connectivity index (χ4n) is 3.52. The number of aliphatic carboxylic acids is 1. The lowest BCUT2D eigenvalue weighted by atomic mass is 9.85. The molecule has 29 heavy (non-hydrogen) atoms. The summed E-state index contributed by atoms with van der Waals surface area (Å²) < 4.78 is 0. The summed E-state index contributed by atoms with van der Waals surface area (Å²) in [6.07, 6.45) is 1.45. The van der Waals surface area contributed by atoms with Crippen LogP contribution in [-0.2, 0) is 4.79 Å². The Morgan fingerprint density at radius 2 is 1.72 bits per heavy atom. The average Bonchev–Trinajstić information content (AvgIpc) is 2.69. The predicted octanol–water partition coefficient (Wildman–Crippen LogP) is 2.98. The van der Waals surface area contributed by atoms with Gasteiger partial charge in [-0.3, -0.25) is 14.5 Å². The molecule has 3 rings (SSSR count). The highest BCUT2D eigenvalue weighted by Crippen LogP contribution is 2.25. The maximum Gasteiger partial charge on any atom is 0.319 e. The SMILES string of the molecule is CCN(CC(=O)O)C1CC(NC(=O)Nc2cccc(C(=O)c3ccccc3)c2)C1. The van der Waals surface area contributed by atoms with Crippen molar-refractivity contribution in [2.45, 2.75) is 31.8 Å². The number of hydrogen-bond donors (Lipinski definition) is 3. The van der Waals surface area contributed by atoms with Crippen LogP contribution in [0.25, 0.3) is 0 Å². The van der Waals surface area contributed by atoms with E-state index in [9.17, 15) is 14.4 Å². The Morgan fingerprint density at radius 3 is 2.38 bits per heavy atom. The van der Waals surface area contributed by atoms with Crippen LogP contribution in [-0.4, -0.2) is 53.0 Å². The molecule has 0 aromatic heterocycles. The predicted molar refractivity (Wildman–Crippen MR) is 110 cm³/mol. The number of carbonyl (C=O) groups excluding carboxylic acids is 2. The van der Waals surface area contributed by atoms with Crippen molar-refractivity contribution in [2.24, 2.45) is 0 Å². The van der Waals surface area contributed by atoms with E-state index in [4.69, 9.17) is 5.11 Å². The van der Waals surface area contributed by atoms with Gasteiger partial charge in [0.15, 0.2) is 5.78 Å². The molecule has 0 bridgehead atoms. The van der Waals surface area contributed by atoms with Crippen LogP contribution < -0.4 is 10.6 Å². The van der Waals surface area contributed by atoms with Gasteiger partial charge in [0.2, 0.25) is 0 Å². The van der Waals surface area contributed by atoms with Gasteiger partial charge in [0.1, 0.15) is 0 Å². The number of ketones is 1. The van der Waals surface area contributed by atoms with Gasteiger partial charge < -0.3 is 15.7 Å². The highest BCUT2D eigenvalue weighted by molar-refractivity contribution is 6.09. The Labute approximate surface area is 169 Å². The molecule has 0 saturated heterocycles. The Kier molecular flexibility index (Phi) is 6.61. The van der Waals surface area contributed by atoms with Crippen molar-refractivity contribution in [3.05, 3.63) is 65.7 Å². The molecule has 0 spiro atoms. The van der Waals surface area contributed by atoms with Gasteiger partial charge in [-0.1, -0.05) is 49.4 Å². The molecule has 7 nitrogen and oxygen atoms in total. The summed E-state index contributed by atoms with van der Waals surface area (Å²) in [5, 5.41) is 14.6. The quantitative estimate of drug-likeness (QED) is 0.597. The topological polar surface area (TPSA) is 98.7 Å². The van der Waals surface area contributed by atoms with Gasteiger partial charge in [-0.25, -0.2) is 4.79 Å². The van der Waals surface area contributed by atoms with E-state index in [-0.39, 0.29) is 30.4 Å². The van der Waals surface area contributed by atoms with Crippen molar-refractivity contribution in [3.8, 4) is 0 Å². The Bertz CT molecular complexity index is 879. The number of carboxylic acid groups (broad SMARTS) is 1. The number of carbonyl (C=O) groups is 3. The molecular formula is C22H25N3O4. The fraction of sp³-hybridized carbons (Fsp3) is 0.318. The van der Waals surface area contributed by atoms with Crippen LogP contribution in [0, 0.1) is 0 Å². The van der Waals surface area contributed by atoms with Crippen molar-refractivity contribution in [1.82, 2.24) is 10.2 Å². The molecule has 7 heteroatoms. The number of anilines is 1. The van der Waals surface area contributed by atoms with Crippen molar-refractivity contribution in [3.63, 3.8) is 0 Å². The fourth-order valence-corrected chi connectivity index (χ4v) is 3.52. The van der Waals surface area contributed by atoms with E-state index >= 15 is 0 Å². The third-order valence-corrected chi connectivity index (χ3v) is 5.13. The number of likely N-dealkylation sites (N-methyl/N-ethyl adjacent to an activating group) is 1. The molecule has 2 amide bonds. The van der Waals surface area contributed by atoms with Crippen LogP contribution >= 0.6 is 0 Å². The lowest BCUT2D eigenvalue weighted by molar-refractivity contribution is -0.139. The summed E-state index contributed by atoms with van der Waals surface area (Å²) in [6, 6.07) is 15.7. The van der Waals surface area contributed by atoms with Gasteiger partial charge in [-0.2, -0.15) is 0 Å². The number of nitrogens with zero attached hydrogens (tertiary/aromatic N) is 1. The first-order valence-corrected chi connectivity index (χ1v) is 9.69. The Morgan fingerprint density at radius 1 is 1.03 bits per heavy atom. The number of urea groups is 1. The zero-order chi connectivity index (χ0) is 20.8. The molecule has 2 aromatic rings. The molecule has 0 atom stereocenters. The molecule has 152 valence electrons. The smallest absolute Gasteiger partial charge is 0.319 e. The Hall–Kier alpha value is -3.19. The number of rotatable bonds is 8. The summed E-state index contributed by atoms with van der Waals surface area (Å²) in [5.41, 5.74) is 1.64. The molecule has 3 N–H and O–H groups in total. The second-order valence-electron chi connectivity index (χ2n) is 7.15. The molecule has 1 aliphatic carbocycles. The summed E-state index contributed by atoms with van der Waals surface area (Å²) in [4.78, 5) is 37.6. The minimum atomic E-state index is -0.842. The lowest BCUT2D eigenvalue weighted by Gasteiger charge is -2.42. The lowest BCUT2D eigenvalue weighted by Crippen LogP contribution is -2.55. The minimum absolute atomic E-state index is 0.0111. The molecule has 0 aliphatic heterocycles. The van der Waals surface area contributed by atoms with Crippen molar-refractivity contribution < 1.29 is 19.5 Å². The standard InChI is InChI=1S/C22H25N3O4/c1-2-25(14-20(26)27)19-12-18(13-19)24-22(29)23-17-10-6-9-16(11-17)21(28)15-7-4-3-5-8-15/h3-11,18-19H,2,12-14H2,1H3,(H,26,27)(H2,23,24,29). The second-order valence-corrected chi connectivity index (χ2v) is 7.15. The molecule has 0 radical (unpaired) electrons. The van der Waals surface area contributed by atoms with Gasteiger partial charge in [0.25, 0.3) is 0 Å². The van der Waals surface area contributed by atoms with Gasteiger partial charge in [0.05, 0.1) is 6.54 Å². The number of benzene rings is 2. The molecule has 1 saturated carbocycles. The number of carboxylic acids is 1. The van der Waals surface area contributed by atoms with Crippen molar-refractivity contribution in [2.75, 3.05) is 18.4 Å². The average molecular weight is 395 g/mol. The largest absolute Gasteiger partial charge is 0.480 e. The van der Waals surface area contributed by atoms with E-state index < -0.39 is 5.97 Å². The molecule has 1 fully saturated rings. The molecule has 0 unspecified atom stereocenters. The van der Waals surface area contributed by atoms with Crippen molar-refractivity contribution >= 4 is 23.5 Å². The molecule has 0 heterocycles. The molecule has 2 aromatic carbocycles. The van der Waals surface area contributed by atoms with E-state index in [0.29, 0.717) is 23.4 Å². The zero-order valence-corrected chi connectivity index (χ0v) is 16.3. The summed E-state index contributed by atoms with van der Waals surface area (Å²) in [5.74, 6) is -0.944. The zero-order valence-electron chi connectivity index (χ0n) is 16.3. The second kappa shape index (κ2) is 9.34. The van der Waals surface area contributed by atoms with Crippen LogP contribution in [0.5, 0.6) is 0 Å². The normalized spacial score (nSPS) is 18.0. The number of nitrogens with one attached hydrogen (secondary N) is 2. The van der Waals surface area contributed by atoms with Crippen LogP contribution in [0.15, 0.2) is 54.6 Å². The number of amides is 2. The maximum atomic E-state index is 12.5. The van der Waals surface area contributed by atoms with Crippen LogP contribution in [0.3, 0.4) is 0 Å². The highest BCUT2D eigenvalue weighted by atomic mass is 16.4. The molecule has 1 aliphatic rings. The molecular weight excluding hydrogens is 370 g/mol. The highest BCUT2D eigenvalue weighted by Gasteiger charge is 2.34. The van der Waals surface area contributed by atoms with E-state index in [1.807, 2.05) is 30.0 Å². The van der Waals surface area contributed by atoms with Gasteiger partial charge >= 0.3 is 12.0 Å². The number of hydrogen-bond acceptors (Lipinski definition) is 4. The first-order chi connectivity index (χ1) is 14.0. The van der Waals surface area contributed by atoms with E-state index in [1.54, 1.807) is 36.4 Å². The minimum Gasteiger partial charge on any atom is -0.480 e. The summed E-state index contributed by atoms with van der Waals surface area (Å²) in [7, 11) is 0. The van der Waals surface area contributed by atoms with E-state index in [0.717, 1.165) is 12.8 Å². The monoisotopic (exact) mass is 395 g/mol. The van der Waals surface area contributed by atoms with Gasteiger partial charge in [0, 0.05) is 28.9 Å². The summed E-state index contributed by atoms with van der Waals surface area (Å²) >= 11 is 0. The Balaban J connectivity index is 1.52. The first-order valence-electron chi connectivity index (χ1n) is 9.69. The van der Waals surface area contributed by atoms with Crippen molar-refractivity contribution in [1.29, 1.82) is 0 Å². The van der Waals surface area contributed by atoms with E-state index in [2.05, 4.69) is 10.6 Å².